The summed E-state index contributed by atoms with van der Waals surface area (Å²) in [6, 6.07) is 4.02. The average Bonchev–Trinajstić information content (AvgIpc) is 2.27. The predicted octanol–water partition coefficient (Wildman–Crippen LogP) is 3.02. The number of halogens is 5. The van der Waals surface area contributed by atoms with Crippen molar-refractivity contribution in [2.45, 2.75) is 18.7 Å². The van der Waals surface area contributed by atoms with Crippen LogP contribution in [0, 0.1) is 0 Å². The second-order valence-corrected chi connectivity index (χ2v) is 3.57. The lowest BCUT2D eigenvalue weighted by Gasteiger charge is -2.13. The van der Waals surface area contributed by atoms with Gasteiger partial charge in [-0.25, -0.2) is 8.78 Å². The lowest BCUT2D eigenvalue weighted by atomic mass is 10.1. The molecule has 0 heterocycles. The first-order valence-corrected chi connectivity index (χ1v) is 5.02. The maximum atomic E-state index is 12.4. The second-order valence-electron chi connectivity index (χ2n) is 3.57. The van der Waals surface area contributed by atoms with Crippen LogP contribution in [0.2, 0.25) is 0 Å². The molecule has 1 rings (SSSR count). The summed E-state index contributed by atoms with van der Waals surface area (Å²) in [6.07, 6.45) is -8.57. The Hall–Kier alpha value is -1.21. The molecule has 1 atom stereocenters. The van der Waals surface area contributed by atoms with Crippen LogP contribution in [0.5, 0.6) is 0 Å². The van der Waals surface area contributed by atoms with Crippen molar-refractivity contribution in [1.82, 2.24) is 0 Å². The lowest BCUT2D eigenvalue weighted by Crippen LogP contribution is -2.13. The summed E-state index contributed by atoms with van der Waals surface area (Å²) in [5, 5.41) is 9.49. The van der Waals surface area contributed by atoms with Gasteiger partial charge in [-0.2, -0.15) is 13.2 Å². The van der Waals surface area contributed by atoms with E-state index in [4.69, 9.17) is 0 Å². The Balaban J connectivity index is 2.66. The molecule has 0 saturated carbocycles. The van der Waals surface area contributed by atoms with Gasteiger partial charge in [0.25, 0.3) is 6.43 Å². The fourth-order valence-corrected chi connectivity index (χ4v) is 1.29. The van der Waals surface area contributed by atoms with Crippen molar-refractivity contribution in [2.24, 2.45) is 0 Å². The largest absolute Gasteiger partial charge is 0.416 e. The van der Waals surface area contributed by atoms with Gasteiger partial charge in [-0.1, -0.05) is 12.1 Å². The van der Waals surface area contributed by atoms with Crippen LogP contribution in [0.15, 0.2) is 24.3 Å². The summed E-state index contributed by atoms with van der Waals surface area (Å²) in [6.45, 7) is -1.35. The number of aliphatic hydroxyl groups is 1. The molecule has 1 aromatic rings. The molecule has 0 aliphatic carbocycles. The van der Waals surface area contributed by atoms with Crippen LogP contribution in [0.25, 0.3) is 0 Å². The topological polar surface area (TPSA) is 29.5 Å². The Bertz CT molecular complexity index is 378. The van der Waals surface area contributed by atoms with Gasteiger partial charge in [-0.3, -0.25) is 0 Å². The highest BCUT2D eigenvalue weighted by atomic mass is 19.4. The molecule has 0 aromatic heterocycles. The van der Waals surface area contributed by atoms with Crippen molar-refractivity contribution in [1.29, 1.82) is 0 Å². The van der Waals surface area contributed by atoms with E-state index < -0.39 is 37.5 Å². The maximum Gasteiger partial charge on any atom is 0.416 e. The molecule has 0 saturated heterocycles. The van der Waals surface area contributed by atoms with Gasteiger partial charge < -0.3 is 9.84 Å². The molecule has 1 aromatic carbocycles. The highest BCUT2D eigenvalue weighted by Gasteiger charge is 2.30. The van der Waals surface area contributed by atoms with Crippen LogP contribution >= 0.6 is 0 Å². The van der Waals surface area contributed by atoms with E-state index in [0.29, 0.717) is 0 Å². The van der Waals surface area contributed by atoms with Crippen molar-refractivity contribution in [3.8, 4) is 0 Å². The summed E-state index contributed by atoms with van der Waals surface area (Å²) >= 11 is 0. The molecule has 1 N–H and O–H groups in total. The molecule has 0 amide bonds. The molecular formula is C11H11F5O2. The summed E-state index contributed by atoms with van der Waals surface area (Å²) in [5.41, 5.74) is -0.938. The van der Waals surface area contributed by atoms with Crippen LogP contribution in [-0.2, 0) is 10.9 Å². The van der Waals surface area contributed by atoms with Gasteiger partial charge in [0.1, 0.15) is 12.7 Å². The molecule has 0 spiro atoms. The molecule has 2 nitrogen and oxygen atoms in total. The Morgan fingerprint density at radius 2 is 1.83 bits per heavy atom. The third-order valence-corrected chi connectivity index (χ3v) is 2.12. The maximum absolute atomic E-state index is 12.4. The quantitative estimate of drug-likeness (QED) is 0.833. The summed E-state index contributed by atoms with van der Waals surface area (Å²) in [5.74, 6) is 0. The smallest absolute Gasteiger partial charge is 0.386 e. The SMILES string of the molecule is OC(COCC(F)F)c1cccc(C(F)(F)F)c1. The number of hydrogen-bond acceptors (Lipinski definition) is 2. The fraction of sp³-hybridized carbons (Fsp3) is 0.455. The van der Waals surface area contributed by atoms with Gasteiger partial charge in [-0.05, 0) is 17.7 Å². The predicted molar refractivity (Wildman–Crippen MR) is 53.2 cm³/mol. The van der Waals surface area contributed by atoms with Gasteiger partial charge in [0.15, 0.2) is 0 Å². The molecule has 7 heteroatoms. The highest BCUT2D eigenvalue weighted by Crippen LogP contribution is 2.30. The number of aliphatic hydroxyl groups excluding tert-OH is 1. The standard InChI is InChI=1S/C11H11F5O2/c12-10(13)6-18-5-9(17)7-2-1-3-8(4-7)11(14,15)16/h1-4,9-10,17H,5-6H2. The van der Waals surface area contributed by atoms with E-state index in [9.17, 15) is 27.1 Å². The van der Waals surface area contributed by atoms with Crippen LogP contribution in [0.4, 0.5) is 22.0 Å². The monoisotopic (exact) mass is 270 g/mol. The normalized spacial score (nSPS) is 13.9. The van der Waals surface area contributed by atoms with Crippen LogP contribution in [0.3, 0.4) is 0 Å². The van der Waals surface area contributed by atoms with E-state index in [0.717, 1.165) is 18.2 Å². The van der Waals surface area contributed by atoms with Crippen molar-refractivity contribution in [3.63, 3.8) is 0 Å². The van der Waals surface area contributed by atoms with Crippen molar-refractivity contribution in [2.75, 3.05) is 13.2 Å². The molecule has 102 valence electrons. The van der Waals surface area contributed by atoms with Crippen LogP contribution < -0.4 is 0 Å². The summed E-state index contributed by atoms with van der Waals surface area (Å²) < 4.78 is 65.1. The number of rotatable bonds is 5. The van der Waals surface area contributed by atoms with Crippen molar-refractivity contribution >= 4 is 0 Å². The zero-order valence-electron chi connectivity index (χ0n) is 9.12. The molecule has 1 unspecified atom stereocenters. The van der Waals surface area contributed by atoms with E-state index in [1.54, 1.807) is 0 Å². The Morgan fingerprint density at radius 1 is 1.17 bits per heavy atom. The first-order valence-electron chi connectivity index (χ1n) is 5.02. The summed E-state index contributed by atoms with van der Waals surface area (Å²) in [7, 11) is 0. The van der Waals surface area contributed by atoms with E-state index in [2.05, 4.69) is 4.74 Å². The molecular weight excluding hydrogens is 259 g/mol. The molecule has 0 radical (unpaired) electrons. The Morgan fingerprint density at radius 3 is 2.39 bits per heavy atom. The highest BCUT2D eigenvalue weighted by molar-refractivity contribution is 5.27. The molecule has 0 aliphatic rings. The average molecular weight is 270 g/mol. The van der Waals surface area contributed by atoms with Crippen LogP contribution in [0.1, 0.15) is 17.2 Å². The third-order valence-electron chi connectivity index (χ3n) is 2.12. The number of benzene rings is 1. The summed E-state index contributed by atoms with van der Waals surface area (Å²) in [4.78, 5) is 0. The zero-order chi connectivity index (χ0) is 13.8. The minimum atomic E-state index is -4.51. The third kappa shape index (κ3) is 4.58. The Kier molecular flexibility index (Phi) is 5.03. The second kappa shape index (κ2) is 6.10. The van der Waals surface area contributed by atoms with E-state index in [-0.39, 0.29) is 5.56 Å². The molecule has 0 bridgehead atoms. The van der Waals surface area contributed by atoms with Crippen molar-refractivity contribution in [3.05, 3.63) is 35.4 Å². The fourth-order valence-electron chi connectivity index (χ4n) is 1.29. The number of hydrogen-bond donors (Lipinski definition) is 1. The van der Waals surface area contributed by atoms with Gasteiger partial charge in [-0.15, -0.1) is 0 Å². The van der Waals surface area contributed by atoms with E-state index in [1.165, 1.54) is 6.07 Å². The minimum absolute atomic E-state index is 0.0286. The number of alkyl halides is 5. The number of ether oxygens (including phenoxy) is 1. The van der Waals surface area contributed by atoms with Gasteiger partial charge >= 0.3 is 6.18 Å². The molecule has 0 fully saturated rings. The lowest BCUT2D eigenvalue weighted by molar-refractivity contribution is -0.137. The molecule has 0 aliphatic heterocycles. The first-order chi connectivity index (χ1) is 8.30. The van der Waals surface area contributed by atoms with Gasteiger partial charge in [0.2, 0.25) is 0 Å². The van der Waals surface area contributed by atoms with Crippen molar-refractivity contribution < 1.29 is 31.8 Å². The van der Waals surface area contributed by atoms with Crippen LogP contribution in [-0.4, -0.2) is 24.7 Å². The van der Waals surface area contributed by atoms with Gasteiger partial charge in [0, 0.05) is 0 Å². The molecule has 18 heavy (non-hydrogen) atoms. The minimum Gasteiger partial charge on any atom is -0.386 e. The zero-order valence-corrected chi connectivity index (χ0v) is 9.12. The van der Waals surface area contributed by atoms with Gasteiger partial charge in [0.05, 0.1) is 12.2 Å². The first kappa shape index (κ1) is 14.8. The van der Waals surface area contributed by atoms with E-state index >= 15 is 0 Å². The Labute approximate surface area is 100.0 Å². The van der Waals surface area contributed by atoms with E-state index in [1.807, 2.05) is 0 Å².